The molecule has 0 unspecified atom stereocenters. The number of unbranched alkanes of at least 4 members (excludes halogenated alkanes) is 7. The van der Waals surface area contributed by atoms with Crippen LogP contribution in [0.25, 0.3) is 10.8 Å². The average Bonchev–Trinajstić information content (AvgIpc) is 2.59. The zero-order valence-corrected chi connectivity index (χ0v) is 16.8. The highest BCUT2D eigenvalue weighted by Gasteiger charge is 1.99. The summed E-state index contributed by atoms with van der Waals surface area (Å²) in [7, 11) is 2.02. The molecule has 2 aromatic rings. The van der Waals surface area contributed by atoms with Gasteiger partial charge in [0.05, 0.1) is 6.61 Å². The second-order valence-corrected chi connectivity index (χ2v) is 6.87. The van der Waals surface area contributed by atoms with Crippen LogP contribution in [0.4, 0.5) is 0 Å². The van der Waals surface area contributed by atoms with Gasteiger partial charge in [-0.3, -0.25) is 0 Å². The Bertz CT molecular complexity index is 603. The number of hydrogen-bond donors (Lipinski definition) is 1. The van der Waals surface area contributed by atoms with E-state index >= 15 is 0 Å². The largest absolute Gasteiger partial charge is 0.494 e. The fourth-order valence-corrected chi connectivity index (χ4v) is 3.12. The molecule has 0 saturated heterocycles. The average molecular weight is 384 g/mol. The van der Waals surface area contributed by atoms with Gasteiger partial charge in [-0.05, 0) is 61.5 Å². The molecule has 2 nitrogen and oxygen atoms in total. The van der Waals surface area contributed by atoms with E-state index in [4.69, 9.17) is 16.3 Å². The molecule has 0 amide bonds. The Hall–Kier alpha value is -0.960. The van der Waals surface area contributed by atoms with Crippen molar-refractivity contribution in [3.8, 4) is 5.75 Å². The summed E-state index contributed by atoms with van der Waals surface area (Å²) in [4.78, 5) is 0. The van der Waals surface area contributed by atoms with E-state index in [2.05, 4.69) is 17.4 Å². The fraction of sp³-hybridized carbons (Fsp3) is 0.524. The van der Waals surface area contributed by atoms with Crippen LogP contribution in [-0.2, 0) is 0 Å². The van der Waals surface area contributed by atoms with Gasteiger partial charge >= 0.3 is 0 Å². The van der Waals surface area contributed by atoms with Gasteiger partial charge in [0, 0.05) is 5.02 Å². The van der Waals surface area contributed by atoms with Crippen LogP contribution < -0.4 is 10.1 Å². The molecule has 0 bridgehead atoms. The van der Waals surface area contributed by atoms with Crippen molar-refractivity contribution in [1.82, 2.24) is 5.32 Å². The Balaban J connectivity index is 0.00000312. The summed E-state index contributed by atoms with van der Waals surface area (Å²) in [5.41, 5.74) is 0. The Labute approximate surface area is 163 Å². The third-order valence-corrected chi connectivity index (χ3v) is 4.60. The number of ether oxygens (including phenoxy) is 1. The van der Waals surface area contributed by atoms with E-state index in [1.54, 1.807) is 0 Å². The zero-order valence-electron chi connectivity index (χ0n) is 15.2. The normalized spacial score (nSPS) is 10.6. The number of benzene rings is 2. The summed E-state index contributed by atoms with van der Waals surface area (Å²) in [5, 5.41) is 6.31. The molecular weight excluding hydrogens is 353 g/mol. The summed E-state index contributed by atoms with van der Waals surface area (Å²) >= 11 is 6.01. The molecule has 2 aromatic carbocycles. The molecule has 2 rings (SSSR count). The van der Waals surface area contributed by atoms with Gasteiger partial charge in [0.1, 0.15) is 5.75 Å². The zero-order chi connectivity index (χ0) is 17.0. The van der Waals surface area contributed by atoms with Crippen molar-refractivity contribution in [3.05, 3.63) is 41.4 Å². The minimum absolute atomic E-state index is 0. The molecule has 140 valence electrons. The van der Waals surface area contributed by atoms with Crippen molar-refractivity contribution in [2.75, 3.05) is 20.2 Å². The molecule has 0 saturated carbocycles. The van der Waals surface area contributed by atoms with Crippen molar-refractivity contribution in [2.24, 2.45) is 0 Å². The first kappa shape index (κ1) is 22.1. The second kappa shape index (κ2) is 13.3. The molecule has 0 fully saturated rings. The SMILES string of the molecule is CNCCCCCCCCCCOc1ccc2cc(Cl)ccc2c1.Cl. The fourth-order valence-electron chi connectivity index (χ4n) is 2.94. The van der Waals surface area contributed by atoms with Gasteiger partial charge in [-0.15, -0.1) is 12.4 Å². The van der Waals surface area contributed by atoms with E-state index in [-0.39, 0.29) is 12.4 Å². The maximum atomic E-state index is 6.01. The Morgan fingerprint density at radius 3 is 2.12 bits per heavy atom. The van der Waals surface area contributed by atoms with Gasteiger partial charge in [0.25, 0.3) is 0 Å². The van der Waals surface area contributed by atoms with Crippen LogP contribution in [0, 0.1) is 0 Å². The van der Waals surface area contributed by atoms with Crippen LogP contribution in [0.2, 0.25) is 5.02 Å². The highest BCUT2D eigenvalue weighted by atomic mass is 35.5. The molecule has 4 heteroatoms. The first-order valence-electron chi connectivity index (χ1n) is 9.26. The molecule has 0 radical (unpaired) electrons. The van der Waals surface area contributed by atoms with Gasteiger partial charge in [0.2, 0.25) is 0 Å². The van der Waals surface area contributed by atoms with Crippen molar-refractivity contribution in [2.45, 2.75) is 51.4 Å². The van der Waals surface area contributed by atoms with E-state index in [0.717, 1.165) is 35.7 Å². The lowest BCUT2D eigenvalue weighted by molar-refractivity contribution is 0.304. The van der Waals surface area contributed by atoms with Crippen LogP contribution >= 0.6 is 24.0 Å². The number of halogens is 2. The van der Waals surface area contributed by atoms with E-state index in [0.29, 0.717) is 0 Å². The molecule has 0 aliphatic rings. The van der Waals surface area contributed by atoms with Crippen molar-refractivity contribution < 1.29 is 4.74 Å². The number of fused-ring (bicyclic) bond motifs is 1. The predicted molar refractivity (Wildman–Crippen MR) is 113 cm³/mol. The lowest BCUT2D eigenvalue weighted by Crippen LogP contribution is -2.06. The summed E-state index contributed by atoms with van der Waals surface area (Å²) in [5.74, 6) is 0.953. The number of nitrogens with one attached hydrogen (secondary N) is 1. The predicted octanol–water partition coefficient (Wildman–Crippen LogP) is 6.63. The van der Waals surface area contributed by atoms with E-state index in [9.17, 15) is 0 Å². The molecule has 0 aliphatic heterocycles. The topological polar surface area (TPSA) is 21.3 Å². The molecule has 0 atom stereocenters. The third kappa shape index (κ3) is 8.80. The molecule has 25 heavy (non-hydrogen) atoms. The molecule has 0 spiro atoms. The third-order valence-electron chi connectivity index (χ3n) is 4.36. The Kier molecular flexibility index (Phi) is 11.7. The second-order valence-electron chi connectivity index (χ2n) is 6.43. The maximum Gasteiger partial charge on any atom is 0.119 e. The summed E-state index contributed by atoms with van der Waals surface area (Å²) in [6.07, 6.45) is 10.5. The lowest BCUT2D eigenvalue weighted by Gasteiger charge is -2.08. The first-order chi connectivity index (χ1) is 11.8. The van der Waals surface area contributed by atoms with Gasteiger partial charge in [-0.25, -0.2) is 0 Å². The van der Waals surface area contributed by atoms with E-state index in [1.165, 1.54) is 50.3 Å². The molecule has 0 heterocycles. The standard InChI is InChI=1S/C21H30ClNO.ClH/c1-23-14-8-6-4-2-3-5-7-9-15-24-21-13-11-18-16-20(22)12-10-19(18)17-21;/h10-13,16-17,23H,2-9,14-15H2,1H3;1H. The molecule has 0 aromatic heterocycles. The minimum Gasteiger partial charge on any atom is -0.494 e. The molecular formula is C21H31Cl2NO. The van der Waals surface area contributed by atoms with Gasteiger partial charge in [-0.2, -0.15) is 0 Å². The molecule has 1 N–H and O–H groups in total. The van der Waals surface area contributed by atoms with Crippen LogP contribution in [0.1, 0.15) is 51.4 Å². The first-order valence-corrected chi connectivity index (χ1v) is 9.64. The summed E-state index contributed by atoms with van der Waals surface area (Å²) in [6, 6.07) is 12.2. The van der Waals surface area contributed by atoms with Crippen LogP contribution in [0.15, 0.2) is 36.4 Å². The smallest absolute Gasteiger partial charge is 0.119 e. The van der Waals surface area contributed by atoms with E-state index < -0.39 is 0 Å². The summed E-state index contributed by atoms with van der Waals surface area (Å²) in [6.45, 7) is 1.96. The summed E-state index contributed by atoms with van der Waals surface area (Å²) < 4.78 is 5.88. The van der Waals surface area contributed by atoms with Crippen molar-refractivity contribution in [3.63, 3.8) is 0 Å². The monoisotopic (exact) mass is 383 g/mol. The van der Waals surface area contributed by atoms with Gasteiger partial charge < -0.3 is 10.1 Å². The van der Waals surface area contributed by atoms with Crippen molar-refractivity contribution >= 4 is 34.8 Å². The van der Waals surface area contributed by atoms with Crippen LogP contribution in [-0.4, -0.2) is 20.2 Å². The number of hydrogen-bond acceptors (Lipinski definition) is 2. The molecule has 0 aliphatic carbocycles. The van der Waals surface area contributed by atoms with Crippen LogP contribution in [0.3, 0.4) is 0 Å². The Morgan fingerprint density at radius 1 is 0.800 bits per heavy atom. The van der Waals surface area contributed by atoms with Crippen LogP contribution in [0.5, 0.6) is 5.75 Å². The minimum atomic E-state index is 0. The van der Waals surface area contributed by atoms with E-state index in [1.807, 2.05) is 31.3 Å². The lowest BCUT2D eigenvalue weighted by atomic mass is 10.1. The highest BCUT2D eigenvalue weighted by Crippen LogP contribution is 2.24. The Morgan fingerprint density at radius 2 is 1.40 bits per heavy atom. The van der Waals surface area contributed by atoms with Gasteiger partial charge in [0.15, 0.2) is 0 Å². The van der Waals surface area contributed by atoms with Crippen molar-refractivity contribution in [1.29, 1.82) is 0 Å². The van der Waals surface area contributed by atoms with Gasteiger partial charge in [-0.1, -0.05) is 62.3 Å². The number of rotatable bonds is 12. The highest BCUT2D eigenvalue weighted by molar-refractivity contribution is 6.31. The maximum absolute atomic E-state index is 6.01. The quantitative estimate of drug-likeness (QED) is 0.415.